The van der Waals surface area contributed by atoms with Crippen LogP contribution >= 0.6 is 15.9 Å². The Kier molecular flexibility index (Phi) is 5.03. The molecule has 1 aromatic rings. The van der Waals surface area contributed by atoms with E-state index in [1.165, 1.54) is 43.0 Å². The minimum Gasteiger partial charge on any atom is -0.330 e. The van der Waals surface area contributed by atoms with Crippen molar-refractivity contribution in [2.24, 2.45) is 11.7 Å². The van der Waals surface area contributed by atoms with Gasteiger partial charge in [-0.3, -0.25) is 4.90 Å². The third-order valence-electron chi connectivity index (χ3n) is 5.55. The summed E-state index contributed by atoms with van der Waals surface area (Å²) in [5.74, 6) is 0.719. The highest BCUT2D eigenvalue weighted by Gasteiger charge is 2.35. The van der Waals surface area contributed by atoms with Crippen molar-refractivity contribution < 1.29 is 0 Å². The number of aryl methyl sites for hydroxylation is 1. The van der Waals surface area contributed by atoms with E-state index < -0.39 is 0 Å². The van der Waals surface area contributed by atoms with E-state index in [0.29, 0.717) is 6.04 Å². The van der Waals surface area contributed by atoms with Crippen LogP contribution in [0.15, 0.2) is 22.7 Å². The monoisotopic (exact) mass is 350 g/mol. The molecule has 3 unspecified atom stereocenters. The van der Waals surface area contributed by atoms with Crippen molar-refractivity contribution in [3.8, 4) is 0 Å². The SMILES string of the molecule is CCN(C1CCc2cc(Br)ccc2C1)C1CCCC1CN. The van der Waals surface area contributed by atoms with E-state index in [2.05, 4.69) is 46.0 Å². The number of hydrogen-bond donors (Lipinski definition) is 1. The van der Waals surface area contributed by atoms with Crippen molar-refractivity contribution in [3.05, 3.63) is 33.8 Å². The Hall–Kier alpha value is -0.380. The van der Waals surface area contributed by atoms with Crippen molar-refractivity contribution in [2.75, 3.05) is 13.1 Å². The Labute approximate surface area is 137 Å². The first kappa shape index (κ1) is 15.5. The number of rotatable bonds is 4. The predicted molar refractivity (Wildman–Crippen MR) is 92.5 cm³/mol. The molecule has 1 fully saturated rings. The normalized spacial score (nSPS) is 28.9. The number of fused-ring (bicyclic) bond motifs is 1. The number of halogens is 1. The van der Waals surface area contributed by atoms with Crippen molar-refractivity contribution in [2.45, 2.75) is 57.5 Å². The van der Waals surface area contributed by atoms with Gasteiger partial charge in [-0.05, 0) is 74.4 Å². The minimum absolute atomic E-state index is 0.709. The van der Waals surface area contributed by atoms with Crippen LogP contribution in [0.2, 0.25) is 0 Å². The van der Waals surface area contributed by atoms with Crippen molar-refractivity contribution in [1.29, 1.82) is 0 Å². The lowest BCUT2D eigenvalue weighted by Crippen LogP contribution is -2.48. The van der Waals surface area contributed by atoms with Gasteiger partial charge in [-0.25, -0.2) is 0 Å². The van der Waals surface area contributed by atoms with Crippen LogP contribution in [-0.2, 0) is 12.8 Å². The van der Waals surface area contributed by atoms with Gasteiger partial charge in [-0.1, -0.05) is 35.3 Å². The maximum Gasteiger partial charge on any atom is 0.0178 e. The zero-order chi connectivity index (χ0) is 14.8. The molecule has 1 saturated carbocycles. The quantitative estimate of drug-likeness (QED) is 0.895. The van der Waals surface area contributed by atoms with Crippen LogP contribution in [0.4, 0.5) is 0 Å². The summed E-state index contributed by atoms with van der Waals surface area (Å²) in [6, 6.07) is 8.24. The van der Waals surface area contributed by atoms with E-state index in [-0.39, 0.29) is 0 Å². The summed E-state index contributed by atoms with van der Waals surface area (Å²) >= 11 is 3.59. The van der Waals surface area contributed by atoms with E-state index >= 15 is 0 Å². The molecule has 0 bridgehead atoms. The summed E-state index contributed by atoms with van der Waals surface area (Å²) in [4.78, 5) is 2.77. The van der Waals surface area contributed by atoms with Gasteiger partial charge >= 0.3 is 0 Å². The van der Waals surface area contributed by atoms with Gasteiger partial charge in [-0.15, -0.1) is 0 Å². The van der Waals surface area contributed by atoms with E-state index in [4.69, 9.17) is 5.73 Å². The number of nitrogens with two attached hydrogens (primary N) is 1. The van der Waals surface area contributed by atoms with Crippen LogP contribution < -0.4 is 5.73 Å². The molecule has 3 rings (SSSR count). The highest BCUT2D eigenvalue weighted by Crippen LogP contribution is 2.34. The molecule has 0 amide bonds. The highest BCUT2D eigenvalue weighted by molar-refractivity contribution is 9.10. The number of likely N-dealkylation sites (N-methyl/N-ethyl adjacent to an activating group) is 1. The lowest BCUT2D eigenvalue weighted by atomic mass is 9.86. The molecular formula is C18H27BrN2. The van der Waals surface area contributed by atoms with Gasteiger partial charge < -0.3 is 5.73 Å². The predicted octanol–water partition coefficient (Wildman–Crippen LogP) is 3.76. The minimum atomic E-state index is 0.709. The molecule has 0 aromatic heterocycles. The van der Waals surface area contributed by atoms with Gasteiger partial charge in [0.2, 0.25) is 0 Å². The zero-order valence-corrected chi connectivity index (χ0v) is 14.6. The molecule has 0 saturated heterocycles. The van der Waals surface area contributed by atoms with Gasteiger partial charge in [-0.2, -0.15) is 0 Å². The maximum atomic E-state index is 6.01. The summed E-state index contributed by atoms with van der Waals surface area (Å²) < 4.78 is 1.21. The smallest absolute Gasteiger partial charge is 0.0178 e. The third kappa shape index (κ3) is 3.20. The molecule has 0 radical (unpaired) electrons. The van der Waals surface area contributed by atoms with Crippen molar-refractivity contribution in [3.63, 3.8) is 0 Å². The Balaban J connectivity index is 1.75. The number of hydrogen-bond acceptors (Lipinski definition) is 2. The molecule has 1 aromatic carbocycles. The van der Waals surface area contributed by atoms with Crippen LogP contribution in [0.5, 0.6) is 0 Å². The summed E-state index contributed by atoms with van der Waals surface area (Å²) in [6.45, 7) is 4.35. The Morgan fingerprint density at radius 3 is 2.86 bits per heavy atom. The summed E-state index contributed by atoms with van der Waals surface area (Å²) in [6.07, 6.45) is 7.76. The van der Waals surface area contributed by atoms with Gasteiger partial charge in [0.15, 0.2) is 0 Å². The van der Waals surface area contributed by atoms with Crippen LogP contribution in [0.3, 0.4) is 0 Å². The first-order valence-electron chi connectivity index (χ1n) is 8.46. The molecule has 2 aliphatic carbocycles. The largest absolute Gasteiger partial charge is 0.330 e. The second-order valence-corrected chi connectivity index (χ2v) is 7.55. The van der Waals surface area contributed by atoms with Crippen molar-refractivity contribution >= 4 is 15.9 Å². The fourth-order valence-corrected chi connectivity index (χ4v) is 4.89. The molecule has 116 valence electrons. The van der Waals surface area contributed by atoms with Gasteiger partial charge in [0, 0.05) is 16.6 Å². The average Bonchev–Trinajstić information content (AvgIpc) is 2.96. The van der Waals surface area contributed by atoms with Gasteiger partial charge in [0.25, 0.3) is 0 Å². The molecule has 0 spiro atoms. The lowest BCUT2D eigenvalue weighted by Gasteiger charge is -2.40. The first-order chi connectivity index (χ1) is 10.2. The molecule has 3 atom stereocenters. The standard InChI is InChI=1S/C18H27BrN2/c1-2-21(18-5-3-4-15(18)12-20)17-9-7-13-10-16(19)8-6-14(13)11-17/h6,8,10,15,17-18H,2-5,7,9,11-12,20H2,1H3. The van der Waals surface area contributed by atoms with Gasteiger partial charge in [0.1, 0.15) is 0 Å². The van der Waals surface area contributed by atoms with Crippen LogP contribution in [0.1, 0.15) is 43.7 Å². The molecule has 2 nitrogen and oxygen atoms in total. The molecule has 2 N–H and O–H groups in total. The molecule has 3 heteroatoms. The Bertz CT molecular complexity index is 488. The Morgan fingerprint density at radius 2 is 2.10 bits per heavy atom. The summed E-state index contributed by atoms with van der Waals surface area (Å²) in [7, 11) is 0. The van der Waals surface area contributed by atoms with Crippen LogP contribution in [0.25, 0.3) is 0 Å². The molecule has 0 heterocycles. The molecule has 0 aliphatic heterocycles. The first-order valence-corrected chi connectivity index (χ1v) is 9.25. The summed E-state index contributed by atoms with van der Waals surface area (Å²) in [5, 5.41) is 0. The van der Waals surface area contributed by atoms with E-state index in [9.17, 15) is 0 Å². The molecule has 2 aliphatic rings. The lowest BCUT2D eigenvalue weighted by molar-refractivity contribution is 0.104. The van der Waals surface area contributed by atoms with E-state index in [1.54, 1.807) is 11.1 Å². The van der Waals surface area contributed by atoms with E-state index in [0.717, 1.165) is 25.0 Å². The van der Waals surface area contributed by atoms with Crippen LogP contribution in [-0.4, -0.2) is 30.1 Å². The second kappa shape index (κ2) is 6.80. The fourth-order valence-electron chi connectivity index (χ4n) is 4.48. The second-order valence-electron chi connectivity index (χ2n) is 6.63. The number of nitrogens with zero attached hydrogens (tertiary/aromatic N) is 1. The zero-order valence-electron chi connectivity index (χ0n) is 13.0. The highest BCUT2D eigenvalue weighted by atomic mass is 79.9. The summed E-state index contributed by atoms with van der Waals surface area (Å²) in [5.41, 5.74) is 9.10. The Morgan fingerprint density at radius 1 is 1.24 bits per heavy atom. The van der Waals surface area contributed by atoms with Gasteiger partial charge in [0.05, 0.1) is 0 Å². The topological polar surface area (TPSA) is 29.3 Å². The van der Waals surface area contributed by atoms with Crippen molar-refractivity contribution in [1.82, 2.24) is 4.90 Å². The van der Waals surface area contributed by atoms with E-state index in [1.807, 2.05) is 0 Å². The third-order valence-corrected chi connectivity index (χ3v) is 6.05. The fraction of sp³-hybridized carbons (Fsp3) is 0.667. The average molecular weight is 351 g/mol. The van der Waals surface area contributed by atoms with Crippen LogP contribution in [0, 0.1) is 5.92 Å². The maximum absolute atomic E-state index is 6.01. The molecule has 21 heavy (non-hydrogen) atoms. The number of benzene rings is 1. The molecular weight excluding hydrogens is 324 g/mol.